The van der Waals surface area contributed by atoms with Gasteiger partial charge in [-0.2, -0.15) is 0 Å². The normalized spacial score (nSPS) is 12.8. The van der Waals surface area contributed by atoms with Crippen molar-refractivity contribution in [1.29, 1.82) is 0 Å². The second-order valence-corrected chi connectivity index (χ2v) is 7.11. The Morgan fingerprint density at radius 1 is 1.17 bits per heavy atom. The Balaban J connectivity index is 1.79. The summed E-state index contributed by atoms with van der Waals surface area (Å²) in [7, 11) is 3.58. The number of para-hydroxylation sites is 1. The first-order chi connectivity index (χ1) is 14.1. The van der Waals surface area contributed by atoms with Gasteiger partial charge < -0.3 is 14.4 Å². The van der Waals surface area contributed by atoms with Crippen LogP contribution >= 0.6 is 0 Å². The fourth-order valence-corrected chi connectivity index (χ4v) is 3.50. The van der Waals surface area contributed by atoms with Gasteiger partial charge in [0.25, 0.3) is 0 Å². The van der Waals surface area contributed by atoms with Crippen LogP contribution in [0.25, 0.3) is 11.4 Å². The summed E-state index contributed by atoms with van der Waals surface area (Å²) in [6.07, 6.45) is 2.63. The van der Waals surface area contributed by atoms with Gasteiger partial charge in [-0.15, -0.1) is 0 Å². The van der Waals surface area contributed by atoms with E-state index in [1.54, 1.807) is 18.0 Å². The van der Waals surface area contributed by atoms with Crippen LogP contribution in [-0.2, 0) is 17.8 Å². The van der Waals surface area contributed by atoms with Gasteiger partial charge in [0.05, 0.1) is 12.3 Å². The third-order valence-electron chi connectivity index (χ3n) is 5.10. The highest BCUT2D eigenvalue weighted by atomic mass is 16.5. The Morgan fingerprint density at radius 3 is 2.76 bits per heavy atom. The lowest BCUT2D eigenvalue weighted by atomic mass is 10.2. The predicted octanol–water partition coefficient (Wildman–Crippen LogP) is 2.69. The first kappa shape index (κ1) is 19.2. The molecule has 1 aromatic carbocycles. The molecule has 0 unspecified atom stereocenters. The molecule has 0 aliphatic carbocycles. The number of fused-ring (bicyclic) bond motifs is 1. The number of ether oxygens (including phenoxy) is 2. The molecule has 2 aromatic heterocycles. The van der Waals surface area contributed by atoms with Crippen molar-refractivity contribution < 1.29 is 9.47 Å². The molecule has 1 aliphatic heterocycles. The zero-order valence-corrected chi connectivity index (χ0v) is 17.0. The number of hydrogen-bond donors (Lipinski definition) is 0. The molecule has 0 amide bonds. The predicted molar refractivity (Wildman–Crippen MR) is 111 cm³/mol. The van der Waals surface area contributed by atoms with Crippen LogP contribution in [0.3, 0.4) is 0 Å². The SMILES string of the molecule is COCCN(C)c1nccc(-c2c(Oc3ccccc3C)c(=O)n3n2CCC3)n1. The maximum atomic E-state index is 13.1. The minimum Gasteiger partial charge on any atom is -0.449 e. The lowest BCUT2D eigenvalue weighted by molar-refractivity contribution is 0.206. The molecule has 0 spiro atoms. The van der Waals surface area contributed by atoms with E-state index in [4.69, 9.17) is 14.5 Å². The molecule has 0 N–H and O–H groups in total. The van der Waals surface area contributed by atoms with Crippen molar-refractivity contribution in [2.45, 2.75) is 26.4 Å². The van der Waals surface area contributed by atoms with E-state index in [2.05, 4.69) is 4.98 Å². The first-order valence-corrected chi connectivity index (χ1v) is 9.70. The summed E-state index contributed by atoms with van der Waals surface area (Å²) in [5, 5.41) is 0. The summed E-state index contributed by atoms with van der Waals surface area (Å²) in [4.78, 5) is 24.1. The van der Waals surface area contributed by atoms with Gasteiger partial charge in [-0.25, -0.2) is 14.6 Å². The number of anilines is 1. The molecular formula is C21H25N5O3. The molecule has 3 aromatic rings. The topological polar surface area (TPSA) is 74.4 Å². The highest BCUT2D eigenvalue weighted by molar-refractivity contribution is 5.65. The number of aromatic nitrogens is 4. The highest BCUT2D eigenvalue weighted by Crippen LogP contribution is 2.33. The van der Waals surface area contributed by atoms with Gasteiger partial charge in [-0.3, -0.25) is 9.48 Å². The standard InChI is InChI=1S/C21H25N5O3/c1-15-7-4-5-8-17(15)29-19-18(25-11-6-12-26(25)20(19)27)16-9-10-22-21(23-16)24(2)13-14-28-3/h4-5,7-10H,6,11-14H2,1-3H3. The molecule has 152 valence electrons. The number of aryl methyl sites for hydroxylation is 1. The average molecular weight is 395 g/mol. The van der Waals surface area contributed by atoms with Crippen LogP contribution in [0, 0.1) is 6.92 Å². The van der Waals surface area contributed by atoms with Gasteiger partial charge >= 0.3 is 5.56 Å². The Kier molecular flexibility index (Phi) is 5.35. The lowest BCUT2D eigenvalue weighted by Gasteiger charge is -2.17. The van der Waals surface area contributed by atoms with Crippen LogP contribution < -0.4 is 15.2 Å². The van der Waals surface area contributed by atoms with Crippen molar-refractivity contribution in [1.82, 2.24) is 19.3 Å². The van der Waals surface area contributed by atoms with E-state index in [0.29, 0.717) is 48.5 Å². The largest absolute Gasteiger partial charge is 0.449 e. The molecule has 3 heterocycles. The highest BCUT2D eigenvalue weighted by Gasteiger charge is 2.27. The molecule has 8 heteroatoms. The zero-order valence-electron chi connectivity index (χ0n) is 17.0. The Bertz CT molecular complexity index is 1070. The third-order valence-corrected chi connectivity index (χ3v) is 5.10. The second kappa shape index (κ2) is 8.08. The van der Waals surface area contributed by atoms with Gasteiger partial charge in [0.1, 0.15) is 11.4 Å². The van der Waals surface area contributed by atoms with Gasteiger partial charge in [-0.1, -0.05) is 18.2 Å². The van der Waals surface area contributed by atoms with Crippen LogP contribution in [0.4, 0.5) is 5.95 Å². The molecule has 8 nitrogen and oxygen atoms in total. The van der Waals surface area contributed by atoms with E-state index >= 15 is 0 Å². The lowest BCUT2D eigenvalue weighted by Crippen LogP contribution is -2.24. The van der Waals surface area contributed by atoms with Crippen LogP contribution in [0.2, 0.25) is 0 Å². The Labute approximate surface area is 169 Å². The zero-order chi connectivity index (χ0) is 20.4. The van der Waals surface area contributed by atoms with Crippen LogP contribution in [0.5, 0.6) is 11.5 Å². The number of rotatable bonds is 7. The molecule has 1 aliphatic rings. The second-order valence-electron chi connectivity index (χ2n) is 7.11. The fourth-order valence-electron chi connectivity index (χ4n) is 3.50. The molecule has 4 rings (SSSR count). The van der Waals surface area contributed by atoms with Gasteiger partial charge in [0.15, 0.2) is 0 Å². The van der Waals surface area contributed by atoms with Gasteiger partial charge in [0.2, 0.25) is 11.7 Å². The van der Waals surface area contributed by atoms with Crippen LogP contribution in [0.1, 0.15) is 12.0 Å². The van der Waals surface area contributed by atoms with Crippen molar-refractivity contribution in [3.63, 3.8) is 0 Å². The van der Waals surface area contributed by atoms with E-state index in [0.717, 1.165) is 18.5 Å². The molecule has 0 radical (unpaired) electrons. The fraction of sp³-hybridized carbons (Fsp3) is 0.381. The summed E-state index contributed by atoms with van der Waals surface area (Å²) >= 11 is 0. The molecule has 0 saturated heterocycles. The molecular weight excluding hydrogens is 370 g/mol. The van der Waals surface area contributed by atoms with E-state index in [9.17, 15) is 4.79 Å². The van der Waals surface area contributed by atoms with Crippen molar-refractivity contribution in [2.24, 2.45) is 0 Å². The Hall–Kier alpha value is -3.13. The van der Waals surface area contributed by atoms with Crippen molar-refractivity contribution in [2.75, 3.05) is 32.2 Å². The van der Waals surface area contributed by atoms with E-state index in [1.807, 2.05) is 53.9 Å². The smallest absolute Gasteiger partial charge is 0.310 e. The minimum absolute atomic E-state index is 0.131. The summed E-state index contributed by atoms with van der Waals surface area (Å²) in [6, 6.07) is 9.50. The third kappa shape index (κ3) is 3.63. The molecule has 29 heavy (non-hydrogen) atoms. The van der Waals surface area contributed by atoms with E-state index in [1.165, 1.54) is 0 Å². The number of methoxy groups -OCH3 is 1. The van der Waals surface area contributed by atoms with Gasteiger partial charge in [0, 0.05) is 40.0 Å². The summed E-state index contributed by atoms with van der Waals surface area (Å²) < 4.78 is 15.0. The maximum Gasteiger partial charge on any atom is 0.310 e. The summed E-state index contributed by atoms with van der Waals surface area (Å²) in [5.41, 5.74) is 2.20. The monoisotopic (exact) mass is 395 g/mol. The average Bonchev–Trinajstić information content (AvgIpc) is 3.30. The summed E-state index contributed by atoms with van der Waals surface area (Å²) in [6.45, 7) is 4.63. The number of nitrogens with zero attached hydrogens (tertiary/aromatic N) is 5. The molecule has 0 fully saturated rings. The number of hydrogen-bond acceptors (Lipinski definition) is 6. The van der Waals surface area contributed by atoms with Crippen molar-refractivity contribution in [3.05, 3.63) is 52.4 Å². The van der Waals surface area contributed by atoms with Crippen molar-refractivity contribution in [3.8, 4) is 22.9 Å². The minimum atomic E-state index is -0.131. The number of likely N-dealkylation sites (N-methyl/N-ethyl adjacent to an activating group) is 1. The maximum absolute atomic E-state index is 13.1. The number of benzene rings is 1. The molecule has 0 bridgehead atoms. The molecule has 0 atom stereocenters. The molecule has 0 saturated carbocycles. The first-order valence-electron chi connectivity index (χ1n) is 9.70. The van der Waals surface area contributed by atoms with E-state index < -0.39 is 0 Å². The van der Waals surface area contributed by atoms with Crippen LogP contribution in [-0.4, -0.2) is 46.6 Å². The quantitative estimate of drug-likeness (QED) is 0.612. The van der Waals surface area contributed by atoms with E-state index in [-0.39, 0.29) is 5.56 Å². The Morgan fingerprint density at radius 2 is 1.97 bits per heavy atom. The van der Waals surface area contributed by atoms with Crippen LogP contribution in [0.15, 0.2) is 41.3 Å². The van der Waals surface area contributed by atoms with Gasteiger partial charge in [-0.05, 0) is 31.0 Å². The van der Waals surface area contributed by atoms with Crippen molar-refractivity contribution >= 4 is 5.95 Å². The summed E-state index contributed by atoms with van der Waals surface area (Å²) in [5.74, 6) is 1.55.